The molecule has 0 aromatic rings. The SMILES string of the molecule is CC(=O)NN(N=O)NC(C)=O. The Morgan fingerprint density at radius 2 is 1.55 bits per heavy atom. The van der Waals surface area contributed by atoms with Gasteiger partial charge in [-0.2, -0.15) is 0 Å². The van der Waals surface area contributed by atoms with Crippen molar-refractivity contribution in [3.8, 4) is 0 Å². The van der Waals surface area contributed by atoms with Gasteiger partial charge < -0.3 is 0 Å². The summed E-state index contributed by atoms with van der Waals surface area (Å²) in [6.45, 7) is 2.36. The maximum Gasteiger partial charge on any atom is 0.238 e. The standard InChI is InChI=1S/C4H8N4O3/c1-3(9)5-8(7-11)6-4(2)10/h1-2H3,(H,5,9)(H,6,10). The van der Waals surface area contributed by atoms with Gasteiger partial charge in [0.25, 0.3) is 0 Å². The molecule has 0 saturated carbocycles. The van der Waals surface area contributed by atoms with Crippen LogP contribution in [0.1, 0.15) is 13.8 Å². The molecule has 0 rings (SSSR count). The Bertz CT molecular complexity index is 164. The zero-order valence-corrected chi connectivity index (χ0v) is 6.12. The number of hydrogen-bond donors (Lipinski definition) is 2. The third-order valence-corrected chi connectivity index (χ3v) is 0.608. The van der Waals surface area contributed by atoms with Gasteiger partial charge in [-0.25, -0.2) is 10.9 Å². The van der Waals surface area contributed by atoms with E-state index in [0.29, 0.717) is 5.23 Å². The molecule has 7 nitrogen and oxygen atoms in total. The van der Waals surface area contributed by atoms with E-state index < -0.39 is 11.8 Å². The van der Waals surface area contributed by atoms with Crippen molar-refractivity contribution in [2.45, 2.75) is 13.8 Å². The molecule has 0 radical (unpaired) electrons. The predicted molar refractivity (Wildman–Crippen MR) is 35.3 cm³/mol. The average molecular weight is 160 g/mol. The van der Waals surface area contributed by atoms with Crippen molar-refractivity contribution >= 4 is 11.8 Å². The van der Waals surface area contributed by atoms with Gasteiger partial charge in [0, 0.05) is 13.8 Å². The van der Waals surface area contributed by atoms with E-state index >= 15 is 0 Å². The monoisotopic (exact) mass is 160 g/mol. The summed E-state index contributed by atoms with van der Waals surface area (Å²) in [7, 11) is 0. The minimum absolute atomic E-state index is 0.394. The van der Waals surface area contributed by atoms with Crippen LogP contribution in [0.3, 0.4) is 0 Å². The van der Waals surface area contributed by atoms with E-state index in [1.54, 1.807) is 0 Å². The van der Waals surface area contributed by atoms with Crippen LogP contribution in [0.5, 0.6) is 0 Å². The molecular formula is C4H8N4O3. The molecule has 0 aromatic carbocycles. The van der Waals surface area contributed by atoms with E-state index in [0.717, 1.165) is 0 Å². The maximum absolute atomic E-state index is 10.3. The summed E-state index contributed by atoms with van der Waals surface area (Å²) in [5.41, 5.74) is 3.89. The number of rotatable bonds is 3. The van der Waals surface area contributed by atoms with Gasteiger partial charge >= 0.3 is 0 Å². The summed E-state index contributed by atoms with van der Waals surface area (Å²) in [6.07, 6.45) is 0. The Labute approximate surface area is 62.6 Å². The van der Waals surface area contributed by atoms with Gasteiger partial charge in [0.2, 0.25) is 11.8 Å². The van der Waals surface area contributed by atoms with Gasteiger partial charge in [-0.1, -0.05) is 5.23 Å². The van der Waals surface area contributed by atoms with Crippen molar-refractivity contribution in [2.75, 3.05) is 0 Å². The lowest BCUT2D eigenvalue weighted by molar-refractivity contribution is -0.131. The highest BCUT2D eigenvalue weighted by atomic mass is 16.3. The first-order chi connectivity index (χ1) is 5.06. The molecule has 0 fully saturated rings. The molecule has 0 spiro atoms. The number of nitrogens with zero attached hydrogens (tertiary/aromatic N) is 2. The maximum atomic E-state index is 10.3. The first-order valence-electron chi connectivity index (χ1n) is 2.74. The molecular weight excluding hydrogens is 152 g/mol. The van der Waals surface area contributed by atoms with Gasteiger partial charge in [0.15, 0.2) is 0 Å². The largest absolute Gasteiger partial charge is 0.273 e. The van der Waals surface area contributed by atoms with E-state index in [2.05, 4.69) is 5.29 Å². The Morgan fingerprint density at radius 1 is 1.18 bits per heavy atom. The van der Waals surface area contributed by atoms with Crippen molar-refractivity contribution < 1.29 is 9.59 Å². The highest BCUT2D eigenvalue weighted by Crippen LogP contribution is 1.75. The minimum atomic E-state index is -0.502. The normalized spacial score (nSPS) is 8.18. The molecule has 0 atom stereocenters. The van der Waals surface area contributed by atoms with Crippen LogP contribution in [0.15, 0.2) is 5.29 Å². The van der Waals surface area contributed by atoms with Crippen LogP contribution < -0.4 is 10.9 Å². The topological polar surface area (TPSA) is 90.9 Å². The molecule has 11 heavy (non-hydrogen) atoms. The number of amides is 2. The Balaban J connectivity index is 3.85. The van der Waals surface area contributed by atoms with E-state index in [1.807, 2.05) is 10.9 Å². The van der Waals surface area contributed by atoms with Gasteiger partial charge in [0.1, 0.15) is 0 Å². The quantitative estimate of drug-likeness (QED) is 0.412. The van der Waals surface area contributed by atoms with Gasteiger partial charge in [0.05, 0.1) is 5.29 Å². The van der Waals surface area contributed by atoms with E-state index in [-0.39, 0.29) is 0 Å². The van der Waals surface area contributed by atoms with E-state index in [4.69, 9.17) is 0 Å². The minimum Gasteiger partial charge on any atom is -0.273 e. The fourth-order valence-corrected chi connectivity index (χ4v) is 0.367. The Morgan fingerprint density at radius 3 is 1.73 bits per heavy atom. The molecule has 0 aliphatic rings. The van der Waals surface area contributed by atoms with E-state index in [9.17, 15) is 14.5 Å². The molecule has 0 heterocycles. The first-order valence-corrected chi connectivity index (χ1v) is 2.74. The summed E-state index contributed by atoms with van der Waals surface area (Å²) in [4.78, 5) is 30.4. The van der Waals surface area contributed by atoms with Crippen LogP contribution in [0, 0.1) is 4.91 Å². The average Bonchev–Trinajstić information content (AvgIpc) is 1.84. The molecule has 2 amide bonds. The summed E-state index contributed by atoms with van der Waals surface area (Å²) in [5.74, 6) is -1.00. The number of nitrogens with one attached hydrogen (secondary N) is 2. The molecule has 0 saturated heterocycles. The summed E-state index contributed by atoms with van der Waals surface area (Å²) >= 11 is 0. The lowest BCUT2D eigenvalue weighted by Crippen LogP contribution is -2.48. The first kappa shape index (κ1) is 9.34. The Hall–Kier alpha value is -1.66. The van der Waals surface area contributed by atoms with Crippen molar-refractivity contribution in [1.29, 1.82) is 0 Å². The number of carbonyl (C=O) groups is 2. The lowest BCUT2D eigenvalue weighted by Gasteiger charge is -2.13. The molecule has 2 N–H and O–H groups in total. The third kappa shape index (κ3) is 4.82. The zero-order valence-electron chi connectivity index (χ0n) is 6.12. The molecule has 0 aliphatic heterocycles. The number of nitroso groups, excluding NO2 is 1. The van der Waals surface area contributed by atoms with Crippen LogP contribution in [0.4, 0.5) is 0 Å². The van der Waals surface area contributed by atoms with Crippen LogP contribution in [0.25, 0.3) is 0 Å². The van der Waals surface area contributed by atoms with Crippen LogP contribution in [-0.2, 0) is 9.59 Å². The van der Waals surface area contributed by atoms with Gasteiger partial charge in [-0.05, 0) is 0 Å². The van der Waals surface area contributed by atoms with Gasteiger partial charge in [-0.3, -0.25) is 9.59 Å². The summed E-state index contributed by atoms with van der Waals surface area (Å²) < 4.78 is 0. The van der Waals surface area contributed by atoms with Crippen LogP contribution in [-0.4, -0.2) is 17.0 Å². The fraction of sp³-hybridized carbons (Fsp3) is 0.500. The van der Waals surface area contributed by atoms with Crippen LogP contribution >= 0.6 is 0 Å². The van der Waals surface area contributed by atoms with E-state index in [1.165, 1.54) is 13.8 Å². The van der Waals surface area contributed by atoms with Crippen molar-refractivity contribution in [2.24, 2.45) is 5.29 Å². The second-order valence-corrected chi connectivity index (χ2v) is 1.73. The summed E-state index contributed by atoms with van der Waals surface area (Å²) in [5, 5.41) is 2.68. The number of hydrazine groups is 2. The molecule has 7 heteroatoms. The second kappa shape index (κ2) is 4.20. The van der Waals surface area contributed by atoms with Crippen molar-refractivity contribution in [3.05, 3.63) is 4.91 Å². The second-order valence-electron chi connectivity index (χ2n) is 1.73. The highest BCUT2D eigenvalue weighted by molar-refractivity contribution is 5.74. The third-order valence-electron chi connectivity index (χ3n) is 0.608. The molecule has 0 aliphatic carbocycles. The van der Waals surface area contributed by atoms with Gasteiger partial charge in [-0.15, -0.1) is 4.91 Å². The van der Waals surface area contributed by atoms with Crippen molar-refractivity contribution in [3.63, 3.8) is 0 Å². The summed E-state index contributed by atoms with van der Waals surface area (Å²) in [6, 6.07) is 0. The zero-order chi connectivity index (χ0) is 8.85. The van der Waals surface area contributed by atoms with Crippen molar-refractivity contribution in [1.82, 2.24) is 16.1 Å². The fourth-order valence-electron chi connectivity index (χ4n) is 0.367. The Kier molecular flexibility index (Phi) is 3.57. The lowest BCUT2D eigenvalue weighted by atomic mass is 10.7. The molecule has 0 aromatic heterocycles. The smallest absolute Gasteiger partial charge is 0.238 e. The molecule has 0 bridgehead atoms. The number of hydrogen-bond acceptors (Lipinski definition) is 4. The molecule has 0 unspecified atom stereocenters. The highest BCUT2D eigenvalue weighted by Gasteiger charge is 2.03. The number of carbonyl (C=O) groups excluding carboxylic acids is 2. The predicted octanol–water partition coefficient (Wildman–Crippen LogP) is -0.928. The molecule has 62 valence electrons. The van der Waals surface area contributed by atoms with Crippen LogP contribution in [0.2, 0.25) is 0 Å².